The average Bonchev–Trinajstić information content (AvgIpc) is 2.97. The first-order valence-corrected chi connectivity index (χ1v) is 9.18. The number of rotatable bonds is 5. The Labute approximate surface area is 150 Å². The van der Waals surface area contributed by atoms with Crippen LogP contribution in [0.4, 0.5) is 0 Å². The molecule has 6 nitrogen and oxygen atoms in total. The van der Waals surface area contributed by atoms with Gasteiger partial charge in [-0.3, -0.25) is 13.9 Å². The van der Waals surface area contributed by atoms with Crippen LogP contribution >= 0.6 is 11.8 Å². The largest absolute Gasteiger partial charge is 0.332 e. The van der Waals surface area contributed by atoms with Gasteiger partial charge in [0.05, 0.1) is 6.54 Å². The summed E-state index contributed by atoms with van der Waals surface area (Å²) in [6, 6.07) is 9.96. The molecule has 1 unspecified atom stereocenters. The summed E-state index contributed by atoms with van der Waals surface area (Å²) in [6.07, 6.45) is 0.996. The fraction of sp³-hybridized carbons (Fsp3) is 0.389. The van der Waals surface area contributed by atoms with Crippen molar-refractivity contribution in [1.29, 1.82) is 0 Å². The predicted molar refractivity (Wildman–Crippen MR) is 101 cm³/mol. The number of hydrogen-bond donors (Lipinski definition) is 0. The van der Waals surface area contributed by atoms with Gasteiger partial charge in [-0.15, -0.1) is 0 Å². The highest BCUT2D eigenvalue weighted by Gasteiger charge is 2.20. The molecule has 2 aromatic heterocycles. The summed E-state index contributed by atoms with van der Waals surface area (Å²) in [5.41, 5.74) is 1.33. The molecule has 0 bridgehead atoms. The van der Waals surface area contributed by atoms with Gasteiger partial charge in [-0.05, 0) is 12.0 Å². The quantitative estimate of drug-likeness (QED) is 0.657. The van der Waals surface area contributed by atoms with Gasteiger partial charge in [0.1, 0.15) is 0 Å². The zero-order valence-electron chi connectivity index (χ0n) is 14.9. The molecular weight excluding hydrogens is 336 g/mol. The fourth-order valence-electron chi connectivity index (χ4n) is 2.69. The Bertz CT molecular complexity index is 1020. The van der Waals surface area contributed by atoms with E-state index in [1.807, 2.05) is 34.9 Å². The van der Waals surface area contributed by atoms with Gasteiger partial charge in [0.25, 0.3) is 5.56 Å². The molecule has 0 aliphatic rings. The van der Waals surface area contributed by atoms with Crippen LogP contribution in [0.2, 0.25) is 0 Å². The monoisotopic (exact) mass is 358 g/mol. The van der Waals surface area contributed by atoms with Crippen molar-refractivity contribution in [2.75, 3.05) is 0 Å². The van der Waals surface area contributed by atoms with Gasteiger partial charge in [-0.1, -0.05) is 55.9 Å². The van der Waals surface area contributed by atoms with Crippen molar-refractivity contribution in [2.24, 2.45) is 14.1 Å². The first kappa shape index (κ1) is 17.5. The minimum Gasteiger partial charge on any atom is -0.309 e. The van der Waals surface area contributed by atoms with Crippen LogP contribution in [0.5, 0.6) is 0 Å². The average molecular weight is 358 g/mol. The third-order valence-electron chi connectivity index (χ3n) is 4.38. The summed E-state index contributed by atoms with van der Waals surface area (Å²) < 4.78 is 4.52. The van der Waals surface area contributed by atoms with E-state index in [4.69, 9.17) is 0 Å². The summed E-state index contributed by atoms with van der Waals surface area (Å²) in [6.45, 7) is 4.80. The first-order valence-electron chi connectivity index (χ1n) is 8.30. The van der Waals surface area contributed by atoms with E-state index >= 15 is 0 Å². The van der Waals surface area contributed by atoms with E-state index in [0.29, 0.717) is 23.0 Å². The maximum absolute atomic E-state index is 12.8. The lowest BCUT2D eigenvalue weighted by molar-refractivity contribution is 0.696. The van der Waals surface area contributed by atoms with Crippen LogP contribution in [0.1, 0.15) is 25.8 Å². The van der Waals surface area contributed by atoms with Crippen LogP contribution in [-0.2, 0) is 20.6 Å². The highest BCUT2D eigenvalue weighted by atomic mass is 32.2. The maximum Gasteiger partial charge on any atom is 0.332 e. The van der Waals surface area contributed by atoms with Gasteiger partial charge in [-0.25, -0.2) is 9.78 Å². The Morgan fingerprint density at radius 3 is 2.44 bits per heavy atom. The summed E-state index contributed by atoms with van der Waals surface area (Å²) in [4.78, 5) is 29.6. The van der Waals surface area contributed by atoms with Crippen LogP contribution < -0.4 is 11.2 Å². The summed E-state index contributed by atoms with van der Waals surface area (Å²) in [5, 5.41) is 1.14. The van der Waals surface area contributed by atoms with Crippen LogP contribution in [0.15, 0.2) is 45.1 Å². The van der Waals surface area contributed by atoms with Crippen molar-refractivity contribution in [2.45, 2.75) is 37.2 Å². The third kappa shape index (κ3) is 3.16. The number of aromatic nitrogens is 4. The molecule has 0 fully saturated rings. The van der Waals surface area contributed by atoms with E-state index in [-0.39, 0.29) is 11.2 Å². The number of aryl methyl sites for hydroxylation is 1. The van der Waals surface area contributed by atoms with Crippen molar-refractivity contribution >= 4 is 22.9 Å². The first-order chi connectivity index (χ1) is 11.9. The summed E-state index contributed by atoms with van der Waals surface area (Å²) in [7, 11) is 3.16. The predicted octanol–water partition coefficient (Wildman–Crippen LogP) is 2.37. The molecule has 3 aromatic rings. The summed E-state index contributed by atoms with van der Waals surface area (Å²) >= 11 is 1.63. The van der Waals surface area contributed by atoms with Crippen LogP contribution in [0, 0.1) is 0 Å². The molecule has 3 rings (SSSR count). The molecule has 0 amide bonds. The number of hydrogen-bond acceptors (Lipinski definition) is 4. The molecule has 132 valence electrons. The van der Waals surface area contributed by atoms with Gasteiger partial charge in [0.15, 0.2) is 16.3 Å². The van der Waals surface area contributed by atoms with E-state index < -0.39 is 0 Å². The van der Waals surface area contributed by atoms with Gasteiger partial charge in [0, 0.05) is 19.3 Å². The van der Waals surface area contributed by atoms with Crippen molar-refractivity contribution in [3.05, 3.63) is 56.7 Å². The Kier molecular flexibility index (Phi) is 4.85. The van der Waals surface area contributed by atoms with Crippen LogP contribution in [0.3, 0.4) is 0 Å². The second kappa shape index (κ2) is 6.92. The number of benzene rings is 1. The molecular formula is C18H22N4O2S. The molecule has 1 atom stereocenters. The zero-order valence-corrected chi connectivity index (χ0v) is 15.7. The summed E-state index contributed by atoms with van der Waals surface area (Å²) in [5.74, 6) is 0. The molecule has 0 aliphatic heterocycles. The normalized spacial score (nSPS) is 12.6. The number of thioether (sulfide) groups is 1. The highest BCUT2D eigenvalue weighted by Crippen LogP contribution is 2.27. The Balaban J connectivity index is 2.28. The molecule has 0 radical (unpaired) electrons. The Morgan fingerprint density at radius 2 is 1.80 bits per heavy atom. The van der Waals surface area contributed by atoms with Crippen molar-refractivity contribution in [1.82, 2.24) is 18.7 Å². The van der Waals surface area contributed by atoms with Gasteiger partial charge in [-0.2, -0.15) is 0 Å². The lowest BCUT2D eigenvalue weighted by Crippen LogP contribution is -2.37. The van der Waals surface area contributed by atoms with Crippen LogP contribution in [-0.4, -0.2) is 23.9 Å². The molecule has 0 saturated heterocycles. The third-order valence-corrected chi connectivity index (χ3v) is 5.64. The number of imidazole rings is 1. The molecule has 0 aliphatic carbocycles. The minimum atomic E-state index is -0.359. The van der Waals surface area contributed by atoms with E-state index in [1.54, 1.807) is 18.8 Å². The lowest BCUT2D eigenvalue weighted by atomic mass is 10.2. The topological polar surface area (TPSA) is 61.8 Å². The van der Waals surface area contributed by atoms with Gasteiger partial charge < -0.3 is 4.57 Å². The second-order valence-electron chi connectivity index (χ2n) is 6.18. The van der Waals surface area contributed by atoms with Crippen molar-refractivity contribution in [3.8, 4) is 0 Å². The lowest BCUT2D eigenvalue weighted by Gasteiger charge is -2.11. The van der Waals surface area contributed by atoms with E-state index in [2.05, 4.69) is 18.8 Å². The van der Waals surface area contributed by atoms with Crippen LogP contribution in [0.25, 0.3) is 11.2 Å². The van der Waals surface area contributed by atoms with E-state index in [0.717, 1.165) is 21.7 Å². The molecule has 0 saturated carbocycles. The Morgan fingerprint density at radius 1 is 1.12 bits per heavy atom. The molecule has 1 aromatic carbocycles. The molecule has 0 N–H and O–H groups in total. The zero-order chi connectivity index (χ0) is 18.1. The Hall–Kier alpha value is -2.28. The molecule has 0 spiro atoms. The van der Waals surface area contributed by atoms with E-state index in [9.17, 15) is 9.59 Å². The second-order valence-corrected chi connectivity index (χ2v) is 7.59. The smallest absolute Gasteiger partial charge is 0.309 e. The SMILES string of the molecule is CCC(C)Sc1nc2c(c(=O)n(C)c(=O)n2C)n1Cc1ccccc1. The molecule has 2 heterocycles. The number of nitrogens with zero attached hydrogens (tertiary/aromatic N) is 4. The highest BCUT2D eigenvalue weighted by molar-refractivity contribution is 7.99. The van der Waals surface area contributed by atoms with Gasteiger partial charge in [0.2, 0.25) is 0 Å². The fourth-order valence-corrected chi connectivity index (χ4v) is 3.64. The number of fused-ring (bicyclic) bond motifs is 1. The maximum atomic E-state index is 12.8. The van der Waals surface area contributed by atoms with Gasteiger partial charge >= 0.3 is 5.69 Å². The minimum absolute atomic E-state index is 0.308. The van der Waals surface area contributed by atoms with Crippen molar-refractivity contribution < 1.29 is 0 Å². The standard InChI is InChI=1S/C18H22N4O2S/c1-5-12(2)25-17-19-15-14(16(23)21(4)18(24)20(15)3)22(17)11-13-9-7-6-8-10-13/h6-10,12H,5,11H2,1-4H3. The molecule has 7 heteroatoms. The van der Waals surface area contributed by atoms with E-state index in [1.165, 1.54) is 11.6 Å². The van der Waals surface area contributed by atoms with Crippen molar-refractivity contribution in [3.63, 3.8) is 0 Å². The molecule has 25 heavy (non-hydrogen) atoms.